The Bertz CT molecular complexity index is 1350. The number of aryl methyl sites for hydroxylation is 4. The predicted octanol–water partition coefficient (Wildman–Crippen LogP) is 5.28. The Labute approximate surface area is 202 Å². The van der Waals surface area contributed by atoms with E-state index in [1.54, 1.807) is 36.4 Å². The van der Waals surface area contributed by atoms with Gasteiger partial charge in [0.2, 0.25) is 0 Å². The molecule has 0 aliphatic heterocycles. The summed E-state index contributed by atoms with van der Waals surface area (Å²) in [6.07, 6.45) is 2.16. The molecule has 0 heterocycles. The van der Waals surface area contributed by atoms with Crippen LogP contribution in [0.25, 0.3) is 0 Å². The topological polar surface area (TPSA) is 131 Å². The minimum Gasteiger partial charge on any atom is -0.508 e. The van der Waals surface area contributed by atoms with Gasteiger partial charge in [0.25, 0.3) is 0 Å². The van der Waals surface area contributed by atoms with Crippen LogP contribution in [-0.4, -0.2) is 30.6 Å². The summed E-state index contributed by atoms with van der Waals surface area (Å²) in [4.78, 5) is 0. The molecular weight excluding hydrogens is 448 g/mol. The summed E-state index contributed by atoms with van der Waals surface area (Å²) in [5.41, 5.74) is 3.13. The number of aromatic hydroxyl groups is 6. The molecule has 0 saturated heterocycles. The average Bonchev–Trinajstić information content (AvgIpc) is 2.82. The van der Waals surface area contributed by atoms with Crippen molar-refractivity contribution in [1.29, 1.82) is 0 Å². The Hall–Kier alpha value is -4.52. The maximum Gasteiger partial charge on any atom is 0.169 e. The fourth-order valence-electron chi connectivity index (χ4n) is 3.80. The van der Waals surface area contributed by atoms with Crippen molar-refractivity contribution in [3.05, 3.63) is 95.1 Å². The van der Waals surface area contributed by atoms with Gasteiger partial charge in [-0.3, -0.25) is 0 Å². The Morgan fingerprint density at radius 2 is 1.09 bits per heavy atom. The van der Waals surface area contributed by atoms with Gasteiger partial charge in [-0.05, 0) is 90.4 Å². The first-order valence-corrected chi connectivity index (χ1v) is 11.1. The van der Waals surface area contributed by atoms with E-state index >= 15 is 0 Å². The van der Waals surface area contributed by atoms with Crippen LogP contribution >= 0.6 is 0 Å². The number of hydrogen-bond acceptors (Lipinski definition) is 7. The number of phenols is 6. The van der Waals surface area contributed by atoms with E-state index in [1.807, 2.05) is 6.07 Å². The van der Waals surface area contributed by atoms with Crippen LogP contribution < -0.4 is 4.74 Å². The summed E-state index contributed by atoms with van der Waals surface area (Å²) in [6, 6.07) is 19.1. The van der Waals surface area contributed by atoms with Gasteiger partial charge in [-0.2, -0.15) is 0 Å². The van der Waals surface area contributed by atoms with Crippen molar-refractivity contribution in [1.82, 2.24) is 0 Å². The highest BCUT2D eigenvalue weighted by molar-refractivity contribution is 5.53. The van der Waals surface area contributed by atoms with Crippen molar-refractivity contribution in [2.24, 2.45) is 0 Å². The molecule has 0 aromatic heterocycles. The summed E-state index contributed by atoms with van der Waals surface area (Å²) < 4.78 is 5.81. The standard InChI is InChI=1S/C28H26O7/c29-21-3-1-2-17(12-21)6-9-20-15-28(26(34)16-24(20)32)35-27-14-19(8-11-23(27)31)5-4-18-7-10-22(30)25(33)13-18/h1-3,7-8,10-16,29-34H,4-6,9H2. The van der Waals surface area contributed by atoms with Gasteiger partial charge in [0, 0.05) is 6.07 Å². The molecule has 180 valence electrons. The molecule has 0 unspecified atom stereocenters. The summed E-state index contributed by atoms with van der Waals surface area (Å²) in [5, 5.41) is 59.7. The van der Waals surface area contributed by atoms with Gasteiger partial charge in [0.05, 0.1) is 0 Å². The third-order valence-corrected chi connectivity index (χ3v) is 5.74. The second-order valence-corrected chi connectivity index (χ2v) is 8.35. The number of hydrogen-bond donors (Lipinski definition) is 6. The third kappa shape index (κ3) is 5.89. The molecular formula is C28H26O7. The van der Waals surface area contributed by atoms with Gasteiger partial charge < -0.3 is 35.4 Å². The van der Waals surface area contributed by atoms with E-state index < -0.39 is 0 Å². The highest BCUT2D eigenvalue weighted by atomic mass is 16.5. The quantitative estimate of drug-likeness (QED) is 0.192. The molecule has 0 fully saturated rings. The van der Waals surface area contributed by atoms with Gasteiger partial charge in [0.15, 0.2) is 34.5 Å². The molecule has 0 bridgehead atoms. The van der Waals surface area contributed by atoms with E-state index in [4.69, 9.17) is 4.74 Å². The number of rotatable bonds is 8. The van der Waals surface area contributed by atoms with Crippen LogP contribution in [0.2, 0.25) is 0 Å². The first-order chi connectivity index (χ1) is 16.8. The minimum atomic E-state index is -0.270. The lowest BCUT2D eigenvalue weighted by Gasteiger charge is -2.14. The van der Waals surface area contributed by atoms with E-state index in [1.165, 1.54) is 30.3 Å². The highest BCUT2D eigenvalue weighted by Gasteiger charge is 2.14. The zero-order valence-electron chi connectivity index (χ0n) is 18.8. The van der Waals surface area contributed by atoms with Crippen LogP contribution in [0, 0.1) is 0 Å². The Kier molecular flexibility index (Phi) is 6.87. The lowest BCUT2D eigenvalue weighted by atomic mass is 10.0. The largest absolute Gasteiger partial charge is 0.508 e. The highest BCUT2D eigenvalue weighted by Crippen LogP contribution is 2.40. The van der Waals surface area contributed by atoms with Crippen LogP contribution in [0.4, 0.5) is 0 Å². The molecule has 4 aromatic carbocycles. The van der Waals surface area contributed by atoms with E-state index in [9.17, 15) is 30.6 Å². The molecule has 0 aliphatic rings. The molecule has 35 heavy (non-hydrogen) atoms. The molecule has 7 heteroatoms. The van der Waals surface area contributed by atoms with Crippen LogP contribution in [-0.2, 0) is 25.7 Å². The monoisotopic (exact) mass is 474 g/mol. The number of ether oxygens (including phenoxy) is 1. The molecule has 4 aromatic rings. The Morgan fingerprint density at radius 3 is 1.80 bits per heavy atom. The van der Waals surface area contributed by atoms with Gasteiger partial charge in [-0.25, -0.2) is 0 Å². The lowest BCUT2D eigenvalue weighted by molar-refractivity contribution is 0.380. The van der Waals surface area contributed by atoms with Gasteiger partial charge in [-0.15, -0.1) is 0 Å². The molecule has 0 atom stereocenters. The van der Waals surface area contributed by atoms with E-state index in [-0.39, 0.29) is 46.0 Å². The van der Waals surface area contributed by atoms with Crippen molar-refractivity contribution in [2.45, 2.75) is 25.7 Å². The van der Waals surface area contributed by atoms with Crippen LogP contribution in [0.1, 0.15) is 22.3 Å². The molecule has 0 saturated carbocycles. The van der Waals surface area contributed by atoms with E-state index in [0.29, 0.717) is 31.2 Å². The Balaban J connectivity index is 1.49. The molecule has 7 nitrogen and oxygen atoms in total. The maximum atomic E-state index is 10.3. The fourth-order valence-corrected chi connectivity index (χ4v) is 3.80. The predicted molar refractivity (Wildman–Crippen MR) is 131 cm³/mol. The van der Waals surface area contributed by atoms with Gasteiger partial charge in [0.1, 0.15) is 11.5 Å². The van der Waals surface area contributed by atoms with Crippen LogP contribution in [0.5, 0.6) is 46.0 Å². The van der Waals surface area contributed by atoms with Crippen molar-refractivity contribution in [3.63, 3.8) is 0 Å². The normalized spacial score (nSPS) is 10.9. The summed E-state index contributed by atoms with van der Waals surface area (Å²) in [6.45, 7) is 0. The second kappa shape index (κ2) is 10.2. The average molecular weight is 475 g/mol. The first-order valence-electron chi connectivity index (χ1n) is 11.1. The smallest absolute Gasteiger partial charge is 0.169 e. The molecule has 0 aliphatic carbocycles. The molecule has 0 amide bonds. The molecule has 6 N–H and O–H groups in total. The molecule has 4 rings (SSSR count). The zero-order chi connectivity index (χ0) is 24.9. The zero-order valence-corrected chi connectivity index (χ0v) is 18.8. The number of phenolic OH excluding ortho intramolecular Hbond substituents is 6. The van der Waals surface area contributed by atoms with Gasteiger partial charge in [-0.1, -0.05) is 24.3 Å². The van der Waals surface area contributed by atoms with Crippen molar-refractivity contribution >= 4 is 0 Å². The van der Waals surface area contributed by atoms with Crippen molar-refractivity contribution < 1.29 is 35.4 Å². The van der Waals surface area contributed by atoms with Crippen molar-refractivity contribution in [3.8, 4) is 46.0 Å². The molecule has 0 radical (unpaired) electrons. The van der Waals surface area contributed by atoms with Crippen LogP contribution in [0.15, 0.2) is 72.8 Å². The van der Waals surface area contributed by atoms with Crippen molar-refractivity contribution in [2.75, 3.05) is 0 Å². The summed E-state index contributed by atoms with van der Waals surface area (Å²) >= 11 is 0. The van der Waals surface area contributed by atoms with E-state index in [2.05, 4.69) is 0 Å². The Morgan fingerprint density at radius 1 is 0.457 bits per heavy atom. The number of benzene rings is 4. The summed E-state index contributed by atoms with van der Waals surface area (Å²) in [5.74, 6) is -0.411. The third-order valence-electron chi connectivity index (χ3n) is 5.74. The molecule has 0 spiro atoms. The minimum absolute atomic E-state index is 0.0786. The second-order valence-electron chi connectivity index (χ2n) is 8.35. The summed E-state index contributed by atoms with van der Waals surface area (Å²) in [7, 11) is 0. The first kappa shape index (κ1) is 23.6. The fraction of sp³-hybridized carbons (Fsp3) is 0.143. The van der Waals surface area contributed by atoms with E-state index in [0.717, 1.165) is 16.7 Å². The maximum absolute atomic E-state index is 10.3. The van der Waals surface area contributed by atoms with Crippen LogP contribution in [0.3, 0.4) is 0 Å². The van der Waals surface area contributed by atoms with Gasteiger partial charge >= 0.3 is 0 Å². The SMILES string of the molecule is Oc1cccc(CCc2cc(Oc3cc(CCc4ccc(O)c(O)c4)ccc3O)c(O)cc2O)c1. The lowest BCUT2D eigenvalue weighted by Crippen LogP contribution is -1.95.